The zero-order valence-electron chi connectivity index (χ0n) is 13.3. The highest BCUT2D eigenvalue weighted by Crippen LogP contribution is 2.30. The number of sulfonamides is 1. The van der Waals surface area contributed by atoms with Gasteiger partial charge in [0, 0.05) is 19.1 Å². The number of nitrogens with one attached hydrogen (secondary N) is 2. The van der Waals surface area contributed by atoms with E-state index < -0.39 is 10.0 Å². The van der Waals surface area contributed by atoms with Crippen molar-refractivity contribution >= 4 is 10.0 Å². The third-order valence-electron chi connectivity index (χ3n) is 4.13. The van der Waals surface area contributed by atoms with Crippen LogP contribution in [0.1, 0.15) is 45.0 Å². The quantitative estimate of drug-likeness (QED) is 0.866. The smallest absolute Gasteiger partial charge is 0.247 e. The van der Waals surface area contributed by atoms with E-state index in [1.807, 2.05) is 13.8 Å². The molecule has 0 aliphatic carbocycles. The van der Waals surface area contributed by atoms with Gasteiger partial charge < -0.3 is 5.32 Å². The molecule has 6 nitrogen and oxygen atoms in total. The molecule has 0 amide bonds. The van der Waals surface area contributed by atoms with E-state index in [2.05, 4.69) is 22.4 Å². The van der Waals surface area contributed by atoms with Gasteiger partial charge in [-0.15, -0.1) is 0 Å². The minimum Gasteiger partial charge on any atom is -0.311 e. The molecule has 7 heteroatoms. The summed E-state index contributed by atoms with van der Waals surface area (Å²) in [5, 5.41) is 10.1. The van der Waals surface area contributed by atoms with Crippen LogP contribution < -0.4 is 5.32 Å². The van der Waals surface area contributed by atoms with Crippen molar-refractivity contribution in [2.24, 2.45) is 5.92 Å². The van der Waals surface area contributed by atoms with Crippen molar-refractivity contribution in [3.8, 4) is 0 Å². The van der Waals surface area contributed by atoms with Crippen LogP contribution >= 0.6 is 0 Å². The van der Waals surface area contributed by atoms with Crippen molar-refractivity contribution in [1.82, 2.24) is 19.8 Å². The van der Waals surface area contributed by atoms with Crippen LogP contribution in [0.4, 0.5) is 0 Å². The lowest BCUT2D eigenvalue weighted by molar-refractivity contribution is 0.218. The zero-order chi connectivity index (χ0) is 15.6. The summed E-state index contributed by atoms with van der Waals surface area (Å²) in [6, 6.07) is 0.0486. The van der Waals surface area contributed by atoms with Crippen molar-refractivity contribution in [3.05, 3.63) is 11.4 Å². The molecule has 0 bridgehead atoms. The Kier molecular flexibility index (Phi) is 5.06. The molecule has 1 aliphatic rings. The van der Waals surface area contributed by atoms with Crippen LogP contribution in [0.15, 0.2) is 4.90 Å². The Morgan fingerprint density at radius 3 is 2.76 bits per heavy atom. The fourth-order valence-electron chi connectivity index (χ4n) is 2.88. The van der Waals surface area contributed by atoms with Gasteiger partial charge in [-0.2, -0.15) is 9.40 Å². The molecule has 0 spiro atoms. The Bertz CT molecular complexity index is 582. The Labute approximate surface area is 127 Å². The van der Waals surface area contributed by atoms with Crippen LogP contribution in [0, 0.1) is 12.8 Å². The number of aryl methyl sites for hydroxylation is 1. The zero-order valence-corrected chi connectivity index (χ0v) is 14.1. The second-order valence-electron chi connectivity index (χ2n) is 6.01. The maximum absolute atomic E-state index is 13.0. The summed E-state index contributed by atoms with van der Waals surface area (Å²) in [6.45, 7) is 9.69. The van der Waals surface area contributed by atoms with E-state index in [4.69, 9.17) is 0 Å². The number of rotatable bonds is 5. The molecule has 0 aromatic carbocycles. The maximum Gasteiger partial charge on any atom is 0.247 e. The molecule has 1 fully saturated rings. The third kappa shape index (κ3) is 3.30. The van der Waals surface area contributed by atoms with Crippen LogP contribution in [0.2, 0.25) is 0 Å². The number of aromatic nitrogens is 2. The molecule has 2 rings (SSSR count). The number of hydrogen-bond acceptors (Lipinski definition) is 4. The van der Waals surface area contributed by atoms with Gasteiger partial charge in [-0.05, 0) is 39.2 Å². The summed E-state index contributed by atoms with van der Waals surface area (Å²) in [5.74, 6) is 0.403. The van der Waals surface area contributed by atoms with Crippen molar-refractivity contribution < 1.29 is 8.42 Å². The van der Waals surface area contributed by atoms with Gasteiger partial charge in [-0.3, -0.25) is 5.10 Å². The summed E-state index contributed by atoms with van der Waals surface area (Å²) >= 11 is 0. The molecule has 2 atom stereocenters. The van der Waals surface area contributed by atoms with Crippen molar-refractivity contribution in [1.29, 1.82) is 0 Å². The lowest BCUT2D eigenvalue weighted by Gasteiger charge is -2.35. The van der Waals surface area contributed by atoms with E-state index >= 15 is 0 Å². The Morgan fingerprint density at radius 2 is 2.10 bits per heavy atom. The van der Waals surface area contributed by atoms with Crippen LogP contribution in [0.3, 0.4) is 0 Å². The first-order chi connectivity index (χ1) is 9.87. The molecular formula is C14H26N4O2S. The number of aromatic amines is 1. The van der Waals surface area contributed by atoms with E-state index in [1.165, 1.54) is 0 Å². The molecule has 21 heavy (non-hydrogen) atoms. The van der Waals surface area contributed by atoms with Gasteiger partial charge >= 0.3 is 0 Å². The van der Waals surface area contributed by atoms with Gasteiger partial charge in [-0.1, -0.05) is 13.8 Å². The Hall–Kier alpha value is -0.920. The normalized spacial score (nSPS) is 24.4. The van der Waals surface area contributed by atoms with E-state index in [1.54, 1.807) is 11.2 Å². The Balaban J connectivity index is 2.36. The van der Waals surface area contributed by atoms with Gasteiger partial charge in [0.25, 0.3) is 0 Å². The second kappa shape index (κ2) is 6.46. The van der Waals surface area contributed by atoms with Gasteiger partial charge in [0.2, 0.25) is 10.0 Å². The number of piperidine rings is 1. The summed E-state index contributed by atoms with van der Waals surface area (Å²) < 4.78 is 27.7. The molecular weight excluding hydrogens is 288 g/mol. The highest BCUT2D eigenvalue weighted by atomic mass is 32.2. The maximum atomic E-state index is 13.0. The summed E-state index contributed by atoms with van der Waals surface area (Å²) in [4.78, 5) is 0.351. The number of hydrogen-bond donors (Lipinski definition) is 2. The first-order valence-electron chi connectivity index (χ1n) is 7.64. The molecule has 1 aromatic heterocycles. The molecule has 2 N–H and O–H groups in total. The largest absolute Gasteiger partial charge is 0.311 e. The third-order valence-corrected chi connectivity index (χ3v) is 6.32. The molecule has 2 heterocycles. The first-order valence-corrected chi connectivity index (χ1v) is 9.08. The summed E-state index contributed by atoms with van der Waals surface area (Å²) in [5.41, 5.74) is 1.20. The SMILES string of the molecule is CCNCc1n[nH]c(C)c1S(=O)(=O)N1CC(C)CCC1C. The minimum atomic E-state index is -3.49. The summed E-state index contributed by atoms with van der Waals surface area (Å²) in [7, 11) is -3.49. The molecule has 120 valence electrons. The fourth-order valence-corrected chi connectivity index (χ4v) is 4.99. The molecule has 2 unspecified atom stereocenters. The van der Waals surface area contributed by atoms with Gasteiger partial charge in [0.15, 0.2) is 0 Å². The van der Waals surface area contributed by atoms with Crippen molar-refractivity contribution in [2.75, 3.05) is 13.1 Å². The molecule has 1 saturated heterocycles. The molecule has 1 aliphatic heterocycles. The minimum absolute atomic E-state index is 0.0486. The molecule has 0 radical (unpaired) electrons. The predicted molar refractivity (Wildman–Crippen MR) is 82.5 cm³/mol. The lowest BCUT2D eigenvalue weighted by Crippen LogP contribution is -2.45. The highest BCUT2D eigenvalue weighted by molar-refractivity contribution is 7.89. The van der Waals surface area contributed by atoms with Gasteiger partial charge in [0.05, 0.1) is 11.4 Å². The monoisotopic (exact) mass is 314 g/mol. The predicted octanol–water partition coefficient (Wildman–Crippen LogP) is 1.64. The van der Waals surface area contributed by atoms with Crippen LogP contribution in [0.5, 0.6) is 0 Å². The van der Waals surface area contributed by atoms with Crippen LogP contribution in [-0.4, -0.2) is 42.1 Å². The van der Waals surface area contributed by atoms with E-state index in [-0.39, 0.29) is 6.04 Å². The number of nitrogens with zero attached hydrogens (tertiary/aromatic N) is 2. The summed E-state index contributed by atoms with van der Waals surface area (Å²) in [6.07, 6.45) is 2.00. The standard InChI is InChI=1S/C14H26N4O2S/c1-5-15-8-13-14(12(4)16-17-13)21(19,20)18-9-10(2)6-7-11(18)3/h10-11,15H,5-9H2,1-4H3,(H,16,17). The molecule has 0 saturated carbocycles. The first kappa shape index (κ1) is 16.5. The number of H-pyrrole nitrogens is 1. The average Bonchev–Trinajstić information content (AvgIpc) is 2.80. The van der Waals surface area contributed by atoms with E-state index in [0.29, 0.717) is 35.3 Å². The average molecular weight is 314 g/mol. The lowest BCUT2D eigenvalue weighted by atomic mass is 9.97. The second-order valence-corrected chi connectivity index (χ2v) is 7.84. The van der Waals surface area contributed by atoms with Gasteiger partial charge in [0.1, 0.15) is 4.90 Å². The van der Waals surface area contributed by atoms with Gasteiger partial charge in [-0.25, -0.2) is 8.42 Å². The van der Waals surface area contributed by atoms with E-state index in [0.717, 1.165) is 19.4 Å². The van der Waals surface area contributed by atoms with Crippen LogP contribution in [-0.2, 0) is 16.6 Å². The van der Waals surface area contributed by atoms with Crippen LogP contribution in [0.25, 0.3) is 0 Å². The fraction of sp³-hybridized carbons (Fsp3) is 0.786. The van der Waals surface area contributed by atoms with Crippen molar-refractivity contribution in [3.63, 3.8) is 0 Å². The molecule has 1 aromatic rings. The topological polar surface area (TPSA) is 78.1 Å². The Morgan fingerprint density at radius 1 is 1.38 bits per heavy atom. The van der Waals surface area contributed by atoms with E-state index in [9.17, 15) is 8.42 Å². The highest BCUT2D eigenvalue weighted by Gasteiger charge is 2.36. The van der Waals surface area contributed by atoms with Crippen molar-refractivity contribution in [2.45, 2.75) is 58.0 Å².